The van der Waals surface area contributed by atoms with Crippen LogP contribution in [0.25, 0.3) is 0 Å². The second kappa shape index (κ2) is 8.49. The summed E-state index contributed by atoms with van der Waals surface area (Å²) in [4.78, 5) is 36.9. The van der Waals surface area contributed by atoms with Crippen LogP contribution in [-0.2, 0) is 11.3 Å². The van der Waals surface area contributed by atoms with Gasteiger partial charge in [-0.05, 0) is 35.9 Å². The Kier molecular flexibility index (Phi) is 6.36. The summed E-state index contributed by atoms with van der Waals surface area (Å²) in [6.45, 7) is 1.85. The van der Waals surface area contributed by atoms with E-state index in [0.717, 1.165) is 5.56 Å². The fourth-order valence-electron chi connectivity index (χ4n) is 2.21. The molecule has 2 aromatic rings. The highest BCUT2D eigenvalue weighted by Gasteiger charge is 2.13. The molecule has 0 atom stereocenters. The van der Waals surface area contributed by atoms with E-state index >= 15 is 0 Å². The summed E-state index contributed by atoms with van der Waals surface area (Å²) in [6, 6.07) is 11.6. The van der Waals surface area contributed by atoms with Crippen LogP contribution >= 0.6 is 11.6 Å². The first-order valence-corrected chi connectivity index (χ1v) is 8.31. The highest BCUT2D eigenvalue weighted by atomic mass is 35.5. The Morgan fingerprint density at radius 3 is 2.19 bits per heavy atom. The van der Waals surface area contributed by atoms with Crippen molar-refractivity contribution in [1.82, 2.24) is 10.2 Å². The van der Waals surface area contributed by atoms with Gasteiger partial charge in [0.05, 0.1) is 10.7 Å². The maximum atomic E-state index is 12.4. The van der Waals surface area contributed by atoms with E-state index in [2.05, 4.69) is 10.6 Å². The zero-order chi connectivity index (χ0) is 19.3. The van der Waals surface area contributed by atoms with Crippen molar-refractivity contribution in [3.63, 3.8) is 0 Å². The van der Waals surface area contributed by atoms with Crippen LogP contribution in [-0.4, -0.2) is 36.7 Å². The summed E-state index contributed by atoms with van der Waals surface area (Å²) in [5.74, 6) is -0.638. The predicted molar refractivity (Wildman–Crippen MR) is 101 cm³/mol. The molecule has 0 unspecified atom stereocenters. The van der Waals surface area contributed by atoms with E-state index in [9.17, 15) is 14.4 Å². The Labute approximate surface area is 157 Å². The van der Waals surface area contributed by atoms with Crippen molar-refractivity contribution in [3.05, 3.63) is 64.2 Å². The molecule has 2 aromatic carbocycles. The van der Waals surface area contributed by atoms with Gasteiger partial charge in [-0.2, -0.15) is 0 Å². The molecule has 0 aromatic heterocycles. The summed E-state index contributed by atoms with van der Waals surface area (Å²) in [6.07, 6.45) is 0. The van der Waals surface area contributed by atoms with Crippen molar-refractivity contribution in [2.75, 3.05) is 19.4 Å². The van der Waals surface area contributed by atoms with Crippen LogP contribution in [0.3, 0.4) is 0 Å². The van der Waals surface area contributed by atoms with Crippen molar-refractivity contribution in [2.45, 2.75) is 13.5 Å². The van der Waals surface area contributed by atoms with Crippen LogP contribution in [0.1, 0.15) is 33.2 Å². The van der Waals surface area contributed by atoms with E-state index in [1.54, 1.807) is 56.6 Å². The zero-order valence-corrected chi connectivity index (χ0v) is 15.6. The van der Waals surface area contributed by atoms with Crippen molar-refractivity contribution < 1.29 is 14.4 Å². The number of nitrogens with one attached hydrogen (secondary N) is 2. The molecule has 0 bridgehead atoms. The molecule has 0 fully saturated rings. The minimum Gasteiger partial charge on any atom is -0.352 e. The van der Waals surface area contributed by atoms with Gasteiger partial charge in [0.15, 0.2) is 0 Å². The molecular formula is C19H20ClN3O3. The Morgan fingerprint density at radius 2 is 1.62 bits per heavy atom. The summed E-state index contributed by atoms with van der Waals surface area (Å²) < 4.78 is 0. The second-order valence-electron chi connectivity index (χ2n) is 5.95. The standard InChI is InChI=1S/C19H20ClN3O3/c1-12(24)21-11-13-4-6-14(7-5-13)18(25)22-17-10-15(8-9-16(17)20)19(26)23(2)3/h4-10H,11H2,1-3H3,(H,21,24)(H,22,25). The largest absolute Gasteiger partial charge is 0.352 e. The predicted octanol–water partition coefficient (Wildman–Crippen LogP) is 2.93. The van der Waals surface area contributed by atoms with Gasteiger partial charge < -0.3 is 15.5 Å². The summed E-state index contributed by atoms with van der Waals surface area (Å²) in [7, 11) is 3.30. The lowest BCUT2D eigenvalue weighted by atomic mass is 10.1. The van der Waals surface area contributed by atoms with Crippen LogP contribution in [0.2, 0.25) is 5.02 Å². The molecule has 0 aliphatic carbocycles. The topological polar surface area (TPSA) is 78.5 Å². The fraction of sp³-hybridized carbons (Fsp3) is 0.211. The molecular weight excluding hydrogens is 354 g/mol. The number of rotatable bonds is 5. The van der Waals surface area contributed by atoms with Crippen LogP contribution in [0.4, 0.5) is 5.69 Å². The summed E-state index contributed by atoms with van der Waals surface area (Å²) in [5.41, 5.74) is 2.12. The lowest BCUT2D eigenvalue weighted by Gasteiger charge is -2.13. The Hall–Kier alpha value is -2.86. The number of halogens is 1. The van der Waals surface area contributed by atoms with Crippen LogP contribution < -0.4 is 10.6 Å². The molecule has 7 heteroatoms. The second-order valence-corrected chi connectivity index (χ2v) is 6.36. The monoisotopic (exact) mass is 373 g/mol. The van der Waals surface area contributed by atoms with E-state index in [0.29, 0.717) is 28.4 Å². The normalized spacial score (nSPS) is 10.2. The van der Waals surface area contributed by atoms with Crippen LogP contribution in [0.15, 0.2) is 42.5 Å². The lowest BCUT2D eigenvalue weighted by molar-refractivity contribution is -0.119. The highest BCUT2D eigenvalue weighted by Crippen LogP contribution is 2.24. The molecule has 6 nitrogen and oxygen atoms in total. The van der Waals surface area contributed by atoms with Crippen LogP contribution in [0.5, 0.6) is 0 Å². The molecule has 0 aliphatic rings. The maximum Gasteiger partial charge on any atom is 0.255 e. The van der Waals surface area contributed by atoms with Gasteiger partial charge in [0, 0.05) is 38.7 Å². The number of carbonyl (C=O) groups excluding carboxylic acids is 3. The number of amides is 3. The molecule has 136 valence electrons. The van der Waals surface area contributed by atoms with Gasteiger partial charge in [-0.1, -0.05) is 23.7 Å². The molecule has 0 saturated heterocycles. The number of hydrogen-bond donors (Lipinski definition) is 2. The van der Waals surface area contributed by atoms with Gasteiger partial charge in [0.1, 0.15) is 0 Å². The molecule has 2 rings (SSSR count). The number of anilines is 1. The third-order valence-corrected chi connectivity index (χ3v) is 3.95. The first kappa shape index (κ1) is 19.5. The number of nitrogens with zero attached hydrogens (tertiary/aromatic N) is 1. The average Bonchev–Trinajstić information content (AvgIpc) is 2.61. The summed E-state index contributed by atoms with van der Waals surface area (Å²) >= 11 is 6.13. The number of carbonyl (C=O) groups is 3. The van der Waals surface area contributed by atoms with Crippen LogP contribution in [0, 0.1) is 0 Å². The Morgan fingerprint density at radius 1 is 1.00 bits per heavy atom. The van der Waals surface area contributed by atoms with Gasteiger partial charge in [0.2, 0.25) is 5.91 Å². The van der Waals surface area contributed by atoms with Crippen molar-refractivity contribution in [2.24, 2.45) is 0 Å². The summed E-state index contributed by atoms with van der Waals surface area (Å²) in [5, 5.41) is 5.75. The van der Waals surface area contributed by atoms with E-state index in [1.807, 2.05) is 0 Å². The van der Waals surface area contributed by atoms with Crippen molar-refractivity contribution in [3.8, 4) is 0 Å². The van der Waals surface area contributed by atoms with Gasteiger partial charge >= 0.3 is 0 Å². The minimum absolute atomic E-state index is 0.117. The van der Waals surface area contributed by atoms with Crippen molar-refractivity contribution >= 4 is 35.0 Å². The zero-order valence-electron chi connectivity index (χ0n) is 14.8. The number of benzene rings is 2. The van der Waals surface area contributed by atoms with Gasteiger partial charge in [-0.15, -0.1) is 0 Å². The Bertz CT molecular complexity index is 832. The third kappa shape index (κ3) is 5.07. The molecule has 26 heavy (non-hydrogen) atoms. The van der Waals surface area contributed by atoms with E-state index in [1.165, 1.54) is 11.8 Å². The molecule has 0 spiro atoms. The molecule has 0 saturated carbocycles. The van der Waals surface area contributed by atoms with E-state index in [4.69, 9.17) is 11.6 Å². The van der Waals surface area contributed by atoms with Gasteiger partial charge in [-0.3, -0.25) is 14.4 Å². The first-order valence-electron chi connectivity index (χ1n) is 7.94. The molecule has 2 N–H and O–H groups in total. The first-order chi connectivity index (χ1) is 12.3. The van der Waals surface area contributed by atoms with Gasteiger partial charge in [-0.25, -0.2) is 0 Å². The van der Waals surface area contributed by atoms with E-state index in [-0.39, 0.29) is 17.7 Å². The Balaban J connectivity index is 2.13. The highest BCUT2D eigenvalue weighted by molar-refractivity contribution is 6.34. The van der Waals surface area contributed by atoms with Crippen molar-refractivity contribution in [1.29, 1.82) is 0 Å². The SMILES string of the molecule is CC(=O)NCc1ccc(C(=O)Nc2cc(C(=O)N(C)C)ccc2Cl)cc1. The number of hydrogen-bond acceptors (Lipinski definition) is 3. The van der Waals surface area contributed by atoms with Gasteiger partial charge in [0.25, 0.3) is 11.8 Å². The average molecular weight is 374 g/mol. The molecule has 3 amide bonds. The molecule has 0 aliphatic heterocycles. The maximum absolute atomic E-state index is 12.4. The quantitative estimate of drug-likeness (QED) is 0.845. The fourth-order valence-corrected chi connectivity index (χ4v) is 2.37. The minimum atomic E-state index is -0.340. The smallest absolute Gasteiger partial charge is 0.255 e. The van der Waals surface area contributed by atoms with E-state index < -0.39 is 0 Å². The molecule has 0 heterocycles. The lowest BCUT2D eigenvalue weighted by Crippen LogP contribution is -2.22. The molecule has 0 radical (unpaired) electrons. The third-order valence-electron chi connectivity index (χ3n) is 3.63.